The van der Waals surface area contributed by atoms with Crippen LogP contribution in [0.25, 0.3) is 22.4 Å². The Morgan fingerprint density at radius 2 is 1.93 bits per heavy atom. The van der Waals surface area contributed by atoms with Gasteiger partial charge in [-0.1, -0.05) is 5.16 Å². The minimum Gasteiger partial charge on any atom is -0.484 e. The molecular formula is C20H17FN4O4. The summed E-state index contributed by atoms with van der Waals surface area (Å²) in [7, 11) is 0. The summed E-state index contributed by atoms with van der Waals surface area (Å²) in [5.41, 5.74) is 0.426. The molecule has 0 fully saturated rings. The second-order valence-corrected chi connectivity index (χ2v) is 6.71. The van der Waals surface area contributed by atoms with Crippen molar-refractivity contribution >= 4 is 11.0 Å². The first-order valence-corrected chi connectivity index (χ1v) is 8.92. The van der Waals surface area contributed by atoms with Crippen LogP contribution in [0.2, 0.25) is 0 Å². The molecule has 148 valence electrons. The topological polar surface area (TPSA) is 103 Å². The first-order valence-electron chi connectivity index (χ1n) is 8.92. The summed E-state index contributed by atoms with van der Waals surface area (Å²) in [6.07, 6.45) is 0. The Bertz CT molecular complexity index is 1290. The number of fused-ring (bicyclic) bond motifs is 1. The number of H-pyrrole nitrogens is 1. The van der Waals surface area contributed by atoms with Gasteiger partial charge in [-0.2, -0.15) is 4.98 Å². The van der Waals surface area contributed by atoms with Gasteiger partial charge in [0.15, 0.2) is 6.61 Å². The highest BCUT2D eigenvalue weighted by atomic mass is 19.1. The molecule has 0 aliphatic heterocycles. The van der Waals surface area contributed by atoms with Gasteiger partial charge in [0.25, 0.3) is 5.89 Å². The number of benzene rings is 2. The average Bonchev–Trinajstić information content (AvgIpc) is 3.17. The van der Waals surface area contributed by atoms with Crippen molar-refractivity contribution in [3.63, 3.8) is 0 Å². The summed E-state index contributed by atoms with van der Waals surface area (Å²) in [5, 5.41) is 3.93. The van der Waals surface area contributed by atoms with Crippen LogP contribution in [0.5, 0.6) is 5.75 Å². The molecule has 2 aromatic heterocycles. The minimum absolute atomic E-state index is 0.0237. The molecule has 0 saturated carbocycles. The highest BCUT2D eigenvalue weighted by Crippen LogP contribution is 2.22. The second kappa shape index (κ2) is 7.34. The van der Waals surface area contributed by atoms with Crippen molar-refractivity contribution in [1.82, 2.24) is 19.7 Å². The van der Waals surface area contributed by atoms with Crippen molar-refractivity contribution in [1.29, 1.82) is 0 Å². The van der Waals surface area contributed by atoms with Gasteiger partial charge in [0.1, 0.15) is 11.6 Å². The van der Waals surface area contributed by atoms with Crippen LogP contribution >= 0.6 is 0 Å². The SMILES string of the molecule is CC(C)n1c(=O)c(=O)[nH]c2cc(-c3noc(COc4ccc(F)cc4)n3)ccc21. The maximum absolute atomic E-state index is 12.9. The second-order valence-electron chi connectivity index (χ2n) is 6.71. The number of rotatable bonds is 5. The van der Waals surface area contributed by atoms with Gasteiger partial charge < -0.3 is 14.2 Å². The molecule has 1 N–H and O–H groups in total. The number of hydrogen-bond acceptors (Lipinski definition) is 6. The van der Waals surface area contributed by atoms with Crippen molar-refractivity contribution in [3.8, 4) is 17.1 Å². The van der Waals surface area contributed by atoms with Gasteiger partial charge in [-0.3, -0.25) is 14.2 Å². The Labute approximate surface area is 163 Å². The smallest absolute Gasteiger partial charge is 0.316 e. The standard InChI is InChI=1S/C20H17FN4O4/c1-11(2)25-16-8-3-12(9-15(16)22-19(26)20(25)27)18-23-17(29-24-18)10-28-14-6-4-13(21)5-7-14/h3-9,11H,10H2,1-2H3,(H,22,26). The molecule has 9 heteroatoms. The van der Waals surface area contributed by atoms with Crippen LogP contribution in [0.4, 0.5) is 4.39 Å². The van der Waals surface area contributed by atoms with Crippen LogP contribution in [0.1, 0.15) is 25.8 Å². The normalized spacial score (nSPS) is 11.3. The minimum atomic E-state index is -0.690. The Balaban J connectivity index is 1.62. The molecule has 0 unspecified atom stereocenters. The molecule has 0 aliphatic carbocycles. The summed E-state index contributed by atoms with van der Waals surface area (Å²) in [4.78, 5) is 31.0. The largest absolute Gasteiger partial charge is 0.484 e. The lowest BCUT2D eigenvalue weighted by atomic mass is 10.1. The van der Waals surface area contributed by atoms with E-state index in [2.05, 4.69) is 15.1 Å². The highest BCUT2D eigenvalue weighted by molar-refractivity contribution is 5.80. The van der Waals surface area contributed by atoms with Crippen molar-refractivity contribution < 1.29 is 13.7 Å². The van der Waals surface area contributed by atoms with Crippen LogP contribution in [-0.4, -0.2) is 19.7 Å². The van der Waals surface area contributed by atoms with E-state index in [1.807, 2.05) is 13.8 Å². The molecule has 0 radical (unpaired) electrons. The third-order valence-electron chi connectivity index (χ3n) is 4.34. The van der Waals surface area contributed by atoms with Gasteiger partial charge in [0, 0.05) is 11.6 Å². The zero-order valence-corrected chi connectivity index (χ0v) is 15.7. The zero-order valence-electron chi connectivity index (χ0n) is 15.7. The van der Waals surface area contributed by atoms with Crippen molar-refractivity contribution in [3.05, 3.63) is 74.9 Å². The van der Waals surface area contributed by atoms with Gasteiger partial charge in [-0.05, 0) is 56.3 Å². The fourth-order valence-corrected chi connectivity index (χ4v) is 3.00. The molecule has 0 amide bonds. The quantitative estimate of drug-likeness (QED) is 0.520. The lowest BCUT2D eigenvalue weighted by Gasteiger charge is -2.13. The van der Waals surface area contributed by atoms with Crippen molar-refractivity contribution in [2.24, 2.45) is 0 Å². The van der Waals surface area contributed by atoms with E-state index >= 15 is 0 Å². The number of aromatic nitrogens is 4. The Kier molecular flexibility index (Phi) is 4.71. The van der Waals surface area contributed by atoms with E-state index in [0.717, 1.165) is 0 Å². The molecule has 2 heterocycles. The summed E-state index contributed by atoms with van der Waals surface area (Å²) in [6.45, 7) is 3.69. The van der Waals surface area contributed by atoms with E-state index in [4.69, 9.17) is 9.26 Å². The van der Waals surface area contributed by atoms with Crippen LogP contribution < -0.4 is 15.9 Å². The Hall–Kier alpha value is -3.75. The van der Waals surface area contributed by atoms with E-state index in [9.17, 15) is 14.0 Å². The van der Waals surface area contributed by atoms with E-state index in [0.29, 0.717) is 28.2 Å². The molecule has 0 bridgehead atoms. The number of nitrogens with zero attached hydrogens (tertiary/aromatic N) is 3. The van der Waals surface area contributed by atoms with Crippen LogP contribution in [-0.2, 0) is 6.61 Å². The molecule has 0 atom stereocenters. The zero-order chi connectivity index (χ0) is 20.5. The predicted octanol–water partition coefficient (Wildman–Crippen LogP) is 3.04. The molecule has 8 nitrogen and oxygen atoms in total. The summed E-state index contributed by atoms with van der Waals surface area (Å²) < 4.78 is 25.1. The fourth-order valence-electron chi connectivity index (χ4n) is 3.00. The number of ether oxygens (including phenoxy) is 1. The molecule has 0 aliphatic rings. The first-order chi connectivity index (χ1) is 13.9. The van der Waals surface area contributed by atoms with Crippen LogP contribution in [0.15, 0.2) is 56.6 Å². The van der Waals surface area contributed by atoms with Gasteiger partial charge >= 0.3 is 11.1 Å². The molecule has 4 rings (SSSR count). The lowest BCUT2D eigenvalue weighted by Crippen LogP contribution is -2.37. The number of aromatic amines is 1. The van der Waals surface area contributed by atoms with Gasteiger partial charge in [-0.15, -0.1) is 0 Å². The van der Waals surface area contributed by atoms with E-state index < -0.39 is 11.1 Å². The van der Waals surface area contributed by atoms with Gasteiger partial charge in [-0.25, -0.2) is 4.39 Å². The van der Waals surface area contributed by atoms with Gasteiger partial charge in [0.05, 0.1) is 11.0 Å². The summed E-state index contributed by atoms with van der Waals surface area (Å²) in [5.74, 6) is 0.675. The fraction of sp³-hybridized carbons (Fsp3) is 0.200. The average molecular weight is 396 g/mol. The van der Waals surface area contributed by atoms with Crippen LogP contribution in [0, 0.1) is 5.82 Å². The number of halogens is 1. The molecule has 2 aromatic carbocycles. The van der Waals surface area contributed by atoms with E-state index in [1.54, 1.807) is 18.2 Å². The Morgan fingerprint density at radius 1 is 1.17 bits per heavy atom. The maximum atomic E-state index is 12.9. The monoisotopic (exact) mass is 396 g/mol. The van der Waals surface area contributed by atoms with E-state index in [1.165, 1.54) is 28.8 Å². The molecule has 29 heavy (non-hydrogen) atoms. The third kappa shape index (κ3) is 3.66. The molecule has 0 saturated heterocycles. The van der Waals surface area contributed by atoms with Gasteiger partial charge in [0.2, 0.25) is 5.82 Å². The molecule has 0 spiro atoms. The van der Waals surface area contributed by atoms with Crippen molar-refractivity contribution in [2.75, 3.05) is 0 Å². The Morgan fingerprint density at radius 3 is 2.66 bits per heavy atom. The first kappa shape index (κ1) is 18.6. The summed E-state index contributed by atoms with van der Waals surface area (Å²) in [6, 6.07) is 10.6. The molecular weight excluding hydrogens is 379 g/mol. The lowest BCUT2D eigenvalue weighted by molar-refractivity contribution is 0.242. The molecule has 4 aromatic rings. The highest BCUT2D eigenvalue weighted by Gasteiger charge is 2.14. The summed E-state index contributed by atoms with van der Waals surface area (Å²) >= 11 is 0. The van der Waals surface area contributed by atoms with E-state index in [-0.39, 0.29) is 24.4 Å². The number of nitrogens with one attached hydrogen (secondary N) is 1. The van der Waals surface area contributed by atoms with Crippen molar-refractivity contribution in [2.45, 2.75) is 26.5 Å². The maximum Gasteiger partial charge on any atom is 0.316 e. The third-order valence-corrected chi connectivity index (χ3v) is 4.34. The van der Waals surface area contributed by atoms with Crippen LogP contribution in [0.3, 0.4) is 0 Å². The number of hydrogen-bond donors (Lipinski definition) is 1. The predicted molar refractivity (Wildman–Crippen MR) is 103 cm³/mol.